The third-order valence-corrected chi connectivity index (χ3v) is 6.56. The minimum Gasteiger partial charge on any atom is -0.421 e. The molecule has 34 heavy (non-hydrogen) atoms. The van der Waals surface area contributed by atoms with E-state index in [1.807, 2.05) is 0 Å². The fourth-order valence-corrected chi connectivity index (χ4v) is 5.10. The van der Waals surface area contributed by atoms with Gasteiger partial charge in [0, 0.05) is 18.2 Å². The zero-order chi connectivity index (χ0) is 24.4. The van der Waals surface area contributed by atoms with Gasteiger partial charge in [0.15, 0.2) is 11.5 Å². The van der Waals surface area contributed by atoms with Crippen LogP contribution in [0.15, 0.2) is 22.6 Å². The van der Waals surface area contributed by atoms with Crippen molar-refractivity contribution in [3.8, 4) is 11.5 Å². The standard InChI is InChI=1S/C21H20F3N5O5/c1-3-13-15-20(17(30)25-19(32)26-18(20)31)7-11-6-10(16-28-27-9(2)33-16)4-5-12(11)29(15)8-14(34-13)21(22,23)24/h4-6,13-15H,3,7-8H2,1-2H3,(H2,25,26,30,31,32)/t13-,14-,15+/m0/s1. The number of nitrogens with one attached hydrogen (secondary N) is 2. The number of hydrogen-bond acceptors (Lipinski definition) is 8. The van der Waals surface area contributed by atoms with E-state index < -0.39 is 54.2 Å². The van der Waals surface area contributed by atoms with Crippen LogP contribution in [0.5, 0.6) is 0 Å². The van der Waals surface area contributed by atoms with E-state index in [2.05, 4.69) is 20.8 Å². The lowest BCUT2D eigenvalue weighted by atomic mass is 9.66. The number of halogens is 3. The van der Waals surface area contributed by atoms with Crippen molar-refractivity contribution in [1.82, 2.24) is 20.8 Å². The number of ether oxygens (including phenoxy) is 1. The van der Waals surface area contributed by atoms with Gasteiger partial charge in [-0.15, -0.1) is 10.2 Å². The molecule has 4 heterocycles. The number of fused-ring (bicyclic) bond motifs is 4. The summed E-state index contributed by atoms with van der Waals surface area (Å²) < 4.78 is 52.0. The average molecular weight is 479 g/mol. The van der Waals surface area contributed by atoms with E-state index in [1.54, 1.807) is 32.0 Å². The molecule has 2 N–H and O–H groups in total. The molecule has 0 saturated carbocycles. The molecule has 0 aliphatic carbocycles. The Morgan fingerprint density at radius 1 is 1.18 bits per heavy atom. The van der Waals surface area contributed by atoms with Crippen molar-refractivity contribution < 1.29 is 36.7 Å². The van der Waals surface area contributed by atoms with Crippen molar-refractivity contribution in [2.45, 2.75) is 51.1 Å². The van der Waals surface area contributed by atoms with Crippen LogP contribution in [0.2, 0.25) is 0 Å². The Hall–Kier alpha value is -3.48. The first-order chi connectivity index (χ1) is 16.0. The number of benzene rings is 1. The fraction of sp³-hybridized carbons (Fsp3) is 0.476. The van der Waals surface area contributed by atoms with Gasteiger partial charge < -0.3 is 14.1 Å². The van der Waals surface area contributed by atoms with Crippen molar-refractivity contribution in [3.05, 3.63) is 29.7 Å². The van der Waals surface area contributed by atoms with Gasteiger partial charge in [-0.2, -0.15) is 13.2 Å². The molecule has 1 spiro atoms. The van der Waals surface area contributed by atoms with Crippen LogP contribution < -0.4 is 15.5 Å². The largest absolute Gasteiger partial charge is 0.421 e. The molecule has 2 fully saturated rings. The summed E-state index contributed by atoms with van der Waals surface area (Å²) in [7, 11) is 0. The number of barbiturate groups is 1. The first-order valence-electron chi connectivity index (χ1n) is 10.6. The van der Waals surface area contributed by atoms with Gasteiger partial charge in [-0.05, 0) is 36.6 Å². The molecule has 0 unspecified atom stereocenters. The zero-order valence-corrected chi connectivity index (χ0v) is 18.1. The van der Waals surface area contributed by atoms with E-state index in [-0.39, 0.29) is 18.7 Å². The Balaban J connectivity index is 1.69. The predicted octanol–water partition coefficient (Wildman–Crippen LogP) is 1.87. The molecular weight excluding hydrogens is 459 g/mol. The van der Waals surface area contributed by atoms with Crippen LogP contribution in [0.1, 0.15) is 24.8 Å². The lowest BCUT2D eigenvalue weighted by Crippen LogP contribution is -2.76. The van der Waals surface area contributed by atoms with Crippen molar-refractivity contribution in [2.24, 2.45) is 5.41 Å². The summed E-state index contributed by atoms with van der Waals surface area (Å²) in [5.74, 6) is -1.26. The second-order valence-corrected chi connectivity index (χ2v) is 8.57. The highest BCUT2D eigenvalue weighted by atomic mass is 19.4. The van der Waals surface area contributed by atoms with Crippen LogP contribution in [0.4, 0.5) is 23.7 Å². The van der Waals surface area contributed by atoms with Gasteiger partial charge in [-0.1, -0.05) is 6.92 Å². The quantitative estimate of drug-likeness (QED) is 0.626. The Kier molecular flexibility index (Phi) is 4.93. The number of morpholine rings is 1. The Morgan fingerprint density at radius 2 is 1.88 bits per heavy atom. The summed E-state index contributed by atoms with van der Waals surface area (Å²) in [5.41, 5.74) is -0.541. The first-order valence-corrected chi connectivity index (χ1v) is 10.6. The highest BCUT2D eigenvalue weighted by Gasteiger charge is 2.65. The predicted molar refractivity (Wildman–Crippen MR) is 108 cm³/mol. The maximum Gasteiger partial charge on any atom is 0.416 e. The summed E-state index contributed by atoms with van der Waals surface area (Å²) in [6.45, 7) is 2.61. The van der Waals surface area contributed by atoms with Gasteiger partial charge >= 0.3 is 12.2 Å². The number of aromatic nitrogens is 2. The molecule has 4 amide bonds. The van der Waals surface area contributed by atoms with Crippen LogP contribution in [0.3, 0.4) is 0 Å². The minimum atomic E-state index is -4.66. The molecule has 2 aromatic rings. The van der Waals surface area contributed by atoms with Gasteiger partial charge in [-0.3, -0.25) is 20.2 Å². The third-order valence-electron chi connectivity index (χ3n) is 6.56. The number of aryl methyl sites for hydroxylation is 1. The summed E-state index contributed by atoms with van der Waals surface area (Å²) in [5, 5.41) is 12.0. The SMILES string of the molecule is CC[C@@H]1O[C@H](C(F)(F)F)CN2c3ccc(-c4nnc(C)o4)cc3CC3(C(=O)NC(=O)NC3=O)[C@@H]12. The zero-order valence-electron chi connectivity index (χ0n) is 18.1. The molecule has 13 heteroatoms. The minimum absolute atomic E-state index is 0.110. The molecule has 3 aliphatic heterocycles. The summed E-state index contributed by atoms with van der Waals surface area (Å²) in [6, 6.07) is 2.80. The van der Waals surface area contributed by atoms with Crippen LogP contribution in [0, 0.1) is 12.3 Å². The third kappa shape index (κ3) is 3.25. The molecule has 0 radical (unpaired) electrons. The van der Waals surface area contributed by atoms with Gasteiger partial charge in [0.2, 0.25) is 23.6 Å². The summed E-state index contributed by atoms with van der Waals surface area (Å²) in [4.78, 5) is 39.6. The number of anilines is 1. The highest BCUT2D eigenvalue weighted by Crippen LogP contribution is 2.49. The molecule has 1 aromatic heterocycles. The van der Waals surface area contributed by atoms with E-state index >= 15 is 0 Å². The van der Waals surface area contributed by atoms with Crippen molar-refractivity contribution >= 4 is 23.5 Å². The number of urea groups is 1. The van der Waals surface area contributed by atoms with E-state index in [0.29, 0.717) is 22.7 Å². The Bertz CT molecular complexity index is 1180. The average Bonchev–Trinajstić information content (AvgIpc) is 3.21. The second-order valence-electron chi connectivity index (χ2n) is 8.57. The normalized spacial score (nSPS) is 26.1. The number of hydrogen-bond donors (Lipinski definition) is 2. The van der Waals surface area contributed by atoms with Gasteiger partial charge in [0.05, 0.1) is 18.7 Å². The molecule has 3 atom stereocenters. The number of imide groups is 2. The summed E-state index contributed by atoms with van der Waals surface area (Å²) in [6.07, 6.45) is -7.93. The second kappa shape index (κ2) is 7.52. The van der Waals surface area contributed by atoms with E-state index in [4.69, 9.17) is 9.15 Å². The van der Waals surface area contributed by atoms with Gasteiger partial charge in [-0.25, -0.2) is 4.79 Å². The molecular formula is C21H20F3N5O5. The molecule has 0 bridgehead atoms. The molecule has 10 nitrogen and oxygen atoms in total. The lowest BCUT2D eigenvalue weighted by Gasteiger charge is -2.56. The number of nitrogens with zero attached hydrogens (tertiary/aromatic N) is 3. The molecule has 3 aliphatic rings. The molecule has 180 valence electrons. The van der Waals surface area contributed by atoms with Crippen LogP contribution in [-0.4, -0.2) is 59.0 Å². The van der Waals surface area contributed by atoms with Gasteiger partial charge in [0.25, 0.3) is 0 Å². The van der Waals surface area contributed by atoms with Crippen LogP contribution in [0.25, 0.3) is 11.5 Å². The number of rotatable bonds is 2. The number of carbonyl (C=O) groups excluding carboxylic acids is 3. The molecule has 1 aromatic carbocycles. The Morgan fingerprint density at radius 3 is 2.47 bits per heavy atom. The lowest BCUT2D eigenvalue weighted by molar-refractivity contribution is -0.245. The topological polar surface area (TPSA) is 127 Å². The molecule has 2 saturated heterocycles. The number of alkyl halides is 3. The van der Waals surface area contributed by atoms with Gasteiger partial charge in [0.1, 0.15) is 0 Å². The summed E-state index contributed by atoms with van der Waals surface area (Å²) >= 11 is 0. The van der Waals surface area contributed by atoms with Crippen LogP contribution in [-0.2, 0) is 20.7 Å². The maximum atomic E-state index is 13.7. The smallest absolute Gasteiger partial charge is 0.416 e. The fourth-order valence-electron chi connectivity index (χ4n) is 5.10. The van der Waals surface area contributed by atoms with E-state index in [0.717, 1.165) is 0 Å². The highest BCUT2D eigenvalue weighted by molar-refractivity contribution is 6.20. The maximum absolute atomic E-state index is 13.7. The van der Waals surface area contributed by atoms with Crippen molar-refractivity contribution in [1.29, 1.82) is 0 Å². The first kappa shape index (κ1) is 22.3. The number of amides is 4. The van der Waals surface area contributed by atoms with Crippen molar-refractivity contribution in [2.75, 3.05) is 11.4 Å². The monoisotopic (exact) mass is 479 g/mol. The van der Waals surface area contributed by atoms with E-state index in [1.165, 1.54) is 4.90 Å². The van der Waals surface area contributed by atoms with Crippen LogP contribution >= 0.6 is 0 Å². The van der Waals surface area contributed by atoms with Crippen molar-refractivity contribution in [3.63, 3.8) is 0 Å². The molecule has 5 rings (SSSR count). The van der Waals surface area contributed by atoms with E-state index in [9.17, 15) is 27.6 Å². The number of carbonyl (C=O) groups is 3. The Labute approximate surface area is 190 Å².